The summed E-state index contributed by atoms with van der Waals surface area (Å²) in [4.78, 5) is 24.1. The third kappa shape index (κ3) is 4.26. The first kappa shape index (κ1) is 17.9. The van der Waals surface area contributed by atoms with Crippen LogP contribution >= 0.6 is 0 Å². The number of halogens is 1. The highest BCUT2D eigenvalue weighted by molar-refractivity contribution is 5.79. The molecular weight excluding hydrogens is 343 g/mol. The van der Waals surface area contributed by atoms with Crippen molar-refractivity contribution in [3.8, 4) is 0 Å². The van der Waals surface area contributed by atoms with E-state index in [0.717, 1.165) is 55.1 Å². The molecule has 1 amide bonds. The summed E-state index contributed by atoms with van der Waals surface area (Å²) in [5.74, 6) is 0.480. The van der Waals surface area contributed by atoms with Crippen molar-refractivity contribution in [2.45, 2.75) is 51.0 Å². The van der Waals surface area contributed by atoms with Gasteiger partial charge in [0.05, 0.1) is 18.2 Å². The van der Waals surface area contributed by atoms with Crippen LogP contribution in [0.2, 0.25) is 0 Å². The molecule has 0 spiro atoms. The molecule has 1 aliphatic carbocycles. The Morgan fingerprint density at radius 1 is 1.15 bits per heavy atom. The first-order valence-corrected chi connectivity index (χ1v) is 9.83. The molecule has 2 heterocycles. The number of carbonyl (C=O) groups excluding carboxylic acids is 1. The molecule has 1 N–H and O–H groups in total. The predicted molar refractivity (Wildman–Crippen MR) is 102 cm³/mol. The van der Waals surface area contributed by atoms with Crippen molar-refractivity contribution < 1.29 is 9.18 Å². The van der Waals surface area contributed by atoms with Gasteiger partial charge in [0.1, 0.15) is 5.82 Å². The lowest BCUT2D eigenvalue weighted by Crippen LogP contribution is -2.34. The molecule has 4 rings (SSSR count). The van der Waals surface area contributed by atoms with Gasteiger partial charge in [-0.3, -0.25) is 4.79 Å². The molecule has 1 aliphatic heterocycles. The van der Waals surface area contributed by atoms with E-state index in [1.807, 2.05) is 6.20 Å². The lowest BCUT2D eigenvalue weighted by atomic mass is 9.92. The summed E-state index contributed by atoms with van der Waals surface area (Å²) in [5.41, 5.74) is 2.90. The van der Waals surface area contributed by atoms with E-state index in [1.165, 1.54) is 31.4 Å². The molecule has 2 aromatic rings. The summed E-state index contributed by atoms with van der Waals surface area (Å²) >= 11 is 0. The number of carbonyl (C=O) groups is 1. The third-order valence-electron chi connectivity index (χ3n) is 5.42. The van der Waals surface area contributed by atoms with Crippen molar-refractivity contribution in [3.63, 3.8) is 0 Å². The first-order valence-electron chi connectivity index (χ1n) is 9.83. The fourth-order valence-electron chi connectivity index (χ4n) is 3.97. The molecule has 1 unspecified atom stereocenters. The van der Waals surface area contributed by atoms with Gasteiger partial charge in [0, 0.05) is 24.8 Å². The highest BCUT2D eigenvalue weighted by Crippen LogP contribution is 2.29. The van der Waals surface area contributed by atoms with E-state index >= 15 is 0 Å². The summed E-state index contributed by atoms with van der Waals surface area (Å²) in [6.45, 7) is 2.05. The summed E-state index contributed by atoms with van der Waals surface area (Å²) < 4.78 is 13.0. The third-order valence-corrected chi connectivity index (χ3v) is 5.42. The number of nitrogens with zero attached hydrogens (tertiary/aromatic N) is 3. The van der Waals surface area contributed by atoms with Gasteiger partial charge in [-0.05, 0) is 56.2 Å². The van der Waals surface area contributed by atoms with Gasteiger partial charge < -0.3 is 10.2 Å². The zero-order valence-corrected chi connectivity index (χ0v) is 15.5. The minimum Gasteiger partial charge on any atom is -0.349 e. The summed E-state index contributed by atoms with van der Waals surface area (Å²) in [7, 11) is 0. The fraction of sp³-hybridized carbons (Fsp3) is 0.476. The summed E-state index contributed by atoms with van der Waals surface area (Å²) in [6, 6.07) is 6.02. The van der Waals surface area contributed by atoms with Gasteiger partial charge in [0.15, 0.2) is 0 Å². The second kappa shape index (κ2) is 8.03. The Morgan fingerprint density at radius 2 is 1.93 bits per heavy atom. The summed E-state index contributed by atoms with van der Waals surface area (Å²) in [6.07, 6.45) is 8.66. The Balaban J connectivity index is 1.44. The maximum atomic E-state index is 13.0. The molecule has 2 aliphatic rings. The van der Waals surface area contributed by atoms with Crippen molar-refractivity contribution in [3.05, 3.63) is 53.1 Å². The van der Waals surface area contributed by atoms with Crippen molar-refractivity contribution >= 4 is 11.9 Å². The molecule has 27 heavy (non-hydrogen) atoms. The molecular formula is C21H25FN4O. The van der Waals surface area contributed by atoms with Crippen LogP contribution in [0, 0.1) is 5.82 Å². The number of benzene rings is 1. The van der Waals surface area contributed by atoms with Crippen molar-refractivity contribution in [1.29, 1.82) is 0 Å². The maximum Gasteiger partial charge on any atom is 0.225 e. The molecule has 1 aromatic heterocycles. The number of hydrogen-bond donors (Lipinski definition) is 1. The van der Waals surface area contributed by atoms with Crippen LogP contribution < -0.4 is 10.2 Å². The topological polar surface area (TPSA) is 58.1 Å². The predicted octanol–water partition coefficient (Wildman–Crippen LogP) is 3.34. The van der Waals surface area contributed by atoms with Gasteiger partial charge in [0.25, 0.3) is 0 Å². The number of anilines is 1. The quantitative estimate of drug-likeness (QED) is 0.899. The summed E-state index contributed by atoms with van der Waals surface area (Å²) in [5, 5.41) is 3.11. The van der Waals surface area contributed by atoms with E-state index in [4.69, 9.17) is 4.98 Å². The Hall–Kier alpha value is -2.50. The van der Waals surface area contributed by atoms with E-state index in [9.17, 15) is 9.18 Å². The highest BCUT2D eigenvalue weighted by Gasteiger charge is 2.25. The lowest BCUT2D eigenvalue weighted by molar-refractivity contribution is -0.121. The van der Waals surface area contributed by atoms with Gasteiger partial charge in [-0.15, -0.1) is 0 Å². The van der Waals surface area contributed by atoms with Crippen LogP contribution in [0.1, 0.15) is 55.0 Å². The Labute approximate surface area is 159 Å². The average molecular weight is 368 g/mol. The molecule has 142 valence electrons. The zero-order chi connectivity index (χ0) is 18.6. The van der Waals surface area contributed by atoms with E-state index in [1.54, 1.807) is 12.1 Å². The molecule has 1 saturated heterocycles. The Kier molecular flexibility index (Phi) is 5.32. The normalized spacial score (nSPS) is 19.4. The van der Waals surface area contributed by atoms with E-state index in [0.29, 0.717) is 0 Å². The second-order valence-corrected chi connectivity index (χ2v) is 7.44. The molecule has 1 fully saturated rings. The lowest BCUT2D eigenvalue weighted by Gasteiger charge is -2.29. The van der Waals surface area contributed by atoms with E-state index < -0.39 is 0 Å². The molecule has 1 atom stereocenters. The number of rotatable bonds is 4. The molecule has 1 aromatic carbocycles. The van der Waals surface area contributed by atoms with Crippen molar-refractivity contribution in [2.24, 2.45) is 0 Å². The Bertz CT molecular complexity index is 802. The van der Waals surface area contributed by atoms with Crippen LogP contribution in [-0.2, 0) is 17.6 Å². The van der Waals surface area contributed by atoms with E-state index in [2.05, 4.69) is 15.2 Å². The van der Waals surface area contributed by atoms with Gasteiger partial charge >= 0.3 is 0 Å². The zero-order valence-electron chi connectivity index (χ0n) is 15.5. The number of piperidine rings is 1. The van der Waals surface area contributed by atoms with Crippen molar-refractivity contribution in [1.82, 2.24) is 15.3 Å². The molecule has 0 saturated carbocycles. The number of fused-ring (bicyclic) bond motifs is 1. The van der Waals surface area contributed by atoms with Crippen LogP contribution in [0.3, 0.4) is 0 Å². The van der Waals surface area contributed by atoms with Crippen LogP contribution in [0.4, 0.5) is 10.3 Å². The van der Waals surface area contributed by atoms with Crippen molar-refractivity contribution in [2.75, 3.05) is 18.0 Å². The smallest absolute Gasteiger partial charge is 0.225 e. The number of hydrogen-bond acceptors (Lipinski definition) is 4. The molecule has 6 heteroatoms. The Morgan fingerprint density at radius 3 is 2.70 bits per heavy atom. The highest BCUT2D eigenvalue weighted by atomic mass is 19.1. The van der Waals surface area contributed by atoms with Gasteiger partial charge in [-0.1, -0.05) is 12.1 Å². The van der Waals surface area contributed by atoms with E-state index in [-0.39, 0.29) is 24.2 Å². The van der Waals surface area contributed by atoms with Crippen LogP contribution in [0.15, 0.2) is 30.5 Å². The SMILES string of the molecule is O=C(Cc1ccc(F)cc1)NC1CCCc2nc(N3CCCCC3)ncc21. The minimum absolute atomic E-state index is 0.0443. The maximum absolute atomic E-state index is 13.0. The average Bonchev–Trinajstić information content (AvgIpc) is 2.70. The van der Waals surface area contributed by atoms with Crippen LogP contribution in [0.5, 0.6) is 0 Å². The first-order chi connectivity index (χ1) is 13.2. The van der Waals surface area contributed by atoms with Gasteiger partial charge in [-0.25, -0.2) is 14.4 Å². The standard InChI is InChI=1S/C21H25FN4O/c22-16-9-7-15(8-10-16)13-20(27)24-18-5-4-6-19-17(18)14-23-21(25-19)26-11-2-1-3-12-26/h7-10,14,18H,1-6,11-13H2,(H,24,27). The molecule has 0 bridgehead atoms. The number of amides is 1. The molecule has 0 radical (unpaired) electrons. The number of nitrogens with one attached hydrogen (secondary N) is 1. The fourth-order valence-corrected chi connectivity index (χ4v) is 3.97. The monoisotopic (exact) mass is 368 g/mol. The van der Waals surface area contributed by atoms with Gasteiger partial charge in [0.2, 0.25) is 11.9 Å². The minimum atomic E-state index is -0.290. The van der Waals surface area contributed by atoms with Gasteiger partial charge in [-0.2, -0.15) is 0 Å². The second-order valence-electron chi connectivity index (χ2n) is 7.44. The number of aromatic nitrogens is 2. The molecule has 5 nitrogen and oxygen atoms in total. The van der Waals surface area contributed by atoms with Crippen LogP contribution in [-0.4, -0.2) is 29.0 Å². The number of aryl methyl sites for hydroxylation is 1. The largest absolute Gasteiger partial charge is 0.349 e. The van der Waals surface area contributed by atoms with Crippen LogP contribution in [0.25, 0.3) is 0 Å².